The van der Waals surface area contributed by atoms with Gasteiger partial charge in [-0.3, -0.25) is 4.99 Å². The molecule has 3 rings (SSSR count). The zero-order valence-corrected chi connectivity index (χ0v) is 18.8. The van der Waals surface area contributed by atoms with Crippen LogP contribution in [-0.4, -0.2) is 35.7 Å². The molecule has 0 aliphatic rings. The van der Waals surface area contributed by atoms with Gasteiger partial charge in [-0.05, 0) is 30.5 Å². The third-order valence-corrected chi connectivity index (χ3v) is 4.99. The van der Waals surface area contributed by atoms with Gasteiger partial charge in [0.2, 0.25) is 0 Å². The van der Waals surface area contributed by atoms with E-state index in [4.69, 9.17) is 4.74 Å². The molecule has 0 saturated carbocycles. The van der Waals surface area contributed by atoms with Gasteiger partial charge in [-0.1, -0.05) is 49.4 Å². The topological polar surface area (TPSA) is 63.5 Å². The lowest BCUT2D eigenvalue weighted by atomic mass is 10.1. The molecule has 6 heteroatoms. The number of nitrogens with one attached hydrogen (secondary N) is 2. The predicted octanol–water partition coefficient (Wildman–Crippen LogP) is 3.94. The van der Waals surface area contributed by atoms with E-state index in [0.29, 0.717) is 6.54 Å². The van der Waals surface area contributed by atoms with Gasteiger partial charge in [0.15, 0.2) is 5.96 Å². The molecule has 0 bridgehead atoms. The van der Waals surface area contributed by atoms with Crippen LogP contribution < -0.4 is 15.4 Å². The van der Waals surface area contributed by atoms with Gasteiger partial charge in [0.05, 0.1) is 6.61 Å². The van der Waals surface area contributed by atoms with Crippen molar-refractivity contribution in [2.45, 2.75) is 39.8 Å². The Labute approximate surface area is 185 Å². The summed E-state index contributed by atoms with van der Waals surface area (Å²) in [5.74, 6) is 2.76. The second kappa shape index (κ2) is 11.8. The maximum absolute atomic E-state index is 5.91. The number of aromatic nitrogens is 2. The first-order valence-electron chi connectivity index (χ1n) is 10.9. The fraction of sp³-hybridized carbons (Fsp3) is 0.360. The Morgan fingerprint density at radius 2 is 1.97 bits per heavy atom. The Hall–Kier alpha value is -3.28. The molecule has 2 N–H and O–H groups in total. The molecule has 0 radical (unpaired) electrons. The van der Waals surface area contributed by atoms with Gasteiger partial charge in [-0.25, -0.2) is 4.98 Å². The van der Waals surface area contributed by atoms with E-state index in [2.05, 4.69) is 81.5 Å². The number of benzene rings is 2. The molecule has 0 fully saturated rings. The minimum Gasteiger partial charge on any atom is -0.493 e. The number of rotatable bonds is 10. The van der Waals surface area contributed by atoms with Crippen molar-refractivity contribution in [2.75, 3.05) is 20.2 Å². The van der Waals surface area contributed by atoms with E-state index in [9.17, 15) is 0 Å². The number of hydrogen-bond acceptors (Lipinski definition) is 3. The maximum Gasteiger partial charge on any atom is 0.191 e. The molecule has 164 valence electrons. The Kier molecular flexibility index (Phi) is 8.52. The van der Waals surface area contributed by atoms with Crippen LogP contribution >= 0.6 is 0 Å². The van der Waals surface area contributed by atoms with E-state index in [0.717, 1.165) is 55.6 Å². The molecule has 0 saturated heterocycles. The Morgan fingerprint density at radius 1 is 1.13 bits per heavy atom. The van der Waals surface area contributed by atoms with E-state index < -0.39 is 0 Å². The molecule has 2 aromatic carbocycles. The molecule has 1 aromatic heterocycles. The first-order chi connectivity index (χ1) is 15.2. The molecular weight excluding hydrogens is 386 g/mol. The number of hydrogen-bond donors (Lipinski definition) is 2. The minimum absolute atomic E-state index is 0.654. The summed E-state index contributed by atoms with van der Waals surface area (Å²) in [6.07, 6.45) is 5.70. The summed E-state index contributed by atoms with van der Waals surface area (Å²) in [6, 6.07) is 16.8. The molecule has 0 aliphatic carbocycles. The van der Waals surface area contributed by atoms with Gasteiger partial charge in [0, 0.05) is 51.1 Å². The maximum atomic E-state index is 5.91. The van der Waals surface area contributed by atoms with Crippen LogP contribution in [0, 0.1) is 6.92 Å². The summed E-state index contributed by atoms with van der Waals surface area (Å²) in [7, 11) is 1.79. The highest BCUT2D eigenvalue weighted by atomic mass is 16.5. The highest BCUT2D eigenvalue weighted by Gasteiger charge is 2.07. The average Bonchev–Trinajstić information content (AvgIpc) is 3.23. The van der Waals surface area contributed by atoms with E-state index in [1.807, 2.05) is 18.5 Å². The highest BCUT2D eigenvalue weighted by Crippen LogP contribution is 2.20. The fourth-order valence-electron chi connectivity index (χ4n) is 3.34. The van der Waals surface area contributed by atoms with Crippen molar-refractivity contribution in [3.05, 3.63) is 83.4 Å². The summed E-state index contributed by atoms with van der Waals surface area (Å²) in [5, 5.41) is 6.78. The van der Waals surface area contributed by atoms with E-state index in [-0.39, 0.29) is 0 Å². The molecular formula is C25H33N5O. The Morgan fingerprint density at radius 3 is 2.74 bits per heavy atom. The van der Waals surface area contributed by atoms with Gasteiger partial charge in [-0.2, -0.15) is 0 Å². The summed E-state index contributed by atoms with van der Waals surface area (Å²) < 4.78 is 8.11. The van der Waals surface area contributed by atoms with Gasteiger partial charge in [-0.15, -0.1) is 0 Å². The van der Waals surface area contributed by atoms with Crippen LogP contribution in [0.3, 0.4) is 0 Å². The molecule has 1 heterocycles. The lowest BCUT2D eigenvalue weighted by Gasteiger charge is -2.15. The van der Waals surface area contributed by atoms with Crippen molar-refractivity contribution < 1.29 is 4.74 Å². The third kappa shape index (κ3) is 6.88. The minimum atomic E-state index is 0.654. The summed E-state index contributed by atoms with van der Waals surface area (Å²) in [4.78, 5) is 8.87. The van der Waals surface area contributed by atoms with Gasteiger partial charge in [0.25, 0.3) is 0 Å². The van der Waals surface area contributed by atoms with Crippen LogP contribution in [0.5, 0.6) is 5.75 Å². The Bertz CT molecular complexity index is 965. The van der Waals surface area contributed by atoms with Crippen LogP contribution in [0.4, 0.5) is 0 Å². The molecule has 31 heavy (non-hydrogen) atoms. The van der Waals surface area contributed by atoms with Crippen LogP contribution in [-0.2, 0) is 19.5 Å². The largest absolute Gasteiger partial charge is 0.493 e. The molecule has 0 atom stereocenters. The predicted molar refractivity (Wildman–Crippen MR) is 127 cm³/mol. The molecule has 3 aromatic rings. The zero-order chi connectivity index (χ0) is 21.9. The van der Waals surface area contributed by atoms with Crippen LogP contribution in [0.2, 0.25) is 0 Å². The normalized spacial score (nSPS) is 11.4. The van der Waals surface area contributed by atoms with Crippen molar-refractivity contribution >= 4 is 5.96 Å². The first kappa shape index (κ1) is 22.4. The van der Waals surface area contributed by atoms with Gasteiger partial charge >= 0.3 is 0 Å². The summed E-state index contributed by atoms with van der Waals surface area (Å²) >= 11 is 0. The van der Waals surface area contributed by atoms with E-state index >= 15 is 0 Å². The van der Waals surface area contributed by atoms with Crippen molar-refractivity contribution in [3.63, 3.8) is 0 Å². The van der Waals surface area contributed by atoms with E-state index in [1.165, 1.54) is 11.1 Å². The number of guanidine groups is 1. The molecule has 0 amide bonds. The number of nitrogens with zero attached hydrogens (tertiary/aromatic N) is 3. The summed E-state index contributed by atoms with van der Waals surface area (Å²) in [5.41, 5.74) is 3.59. The second-order valence-corrected chi connectivity index (χ2v) is 7.52. The number of aliphatic imine (C=N–C) groups is 1. The van der Waals surface area contributed by atoms with Crippen LogP contribution in [0.25, 0.3) is 0 Å². The van der Waals surface area contributed by atoms with Crippen molar-refractivity contribution in [1.82, 2.24) is 20.2 Å². The monoisotopic (exact) mass is 419 g/mol. The molecule has 0 aliphatic heterocycles. The smallest absolute Gasteiger partial charge is 0.191 e. The lowest BCUT2D eigenvalue weighted by Crippen LogP contribution is -2.38. The summed E-state index contributed by atoms with van der Waals surface area (Å²) in [6.45, 7) is 7.15. The van der Waals surface area contributed by atoms with Crippen LogP contribution in [0.1, 0.15) is 35.9 Å². The third-order valence-electron chi connectivity index (χ3n) is 4.99. The van der Waals surface area contributed by atoms with Gasteiger partial charge in [0.1, 0.15) is 11.6 Å². The lowest BCUT2D eigenvalue weighted by molar-refractivity contribution is 0.313. The van der Waals surface area contributed by atoms with Gasteiger partial charge < -0.3 is 19.9 Å². The number of ether oxygens (including phenoxy) is 1. The number of imidazole rings is 1. The van der Waals surface area contributed by atoms with Crippen molar-refractivity contribution in [2.24, 2.45) is 4.99 Å². The standard InChI is InChI=1S/C25H33N5O/c1-4-16-31-23-17-20(2)10-11-22(23)18-29-25(26-3)28-13-12-24-27-14-15-30(24)19-21-8-6-5-7-9-21/h5-11,14-15,17H,4,12-13,16,18-19H2,1-3H3,(H2,26,28,29). The van der Waals surface area contributed by atoms with E-state index in [1.54, 1.807) is 7.05 Å². The molecule has 0 unspecified atom stereocenters. The van der Waals surface area contributed by atoms with Crippen molar-refractivity contribution in [3.8, 4) is 5.75 Å². The average molecular weight is 420 g/mol. The zero-order valence-electron chi connectivity index (χ0n) is 18.8. The second-order valence-electron chi connectivity index (χ2n) is 7.52. The fourth-order valence-corrected chi connectivity index (χ4v) is 3.34. The quantitative estimate of drug-likeness (QED) is 0.386. The Balaban J connectivity index is 1.51. The highest BCUT2D eigenvalue weighted by molar-refractivity contribution is 5.79. The SMILES string of the molecule is CCCOc1cc(C)ccc1CNC(=NC)NCCc1nccn1Cc1ccccc1. The number of aryl methyl sites for hydroxylation is 1. The first-order valence-corrected chi connectivity index (χ1v) is 10.9. The van der Waals surface area contributed by atoms with Crippen molar-refractivity contribution in [1.29, 1.82) is 0 Å². The molecule has 0 spiro atoms. The van der Waals surface area contributed by atoms with Crippen LogP contribution in [0.15, 0.2) is 65.9 Å². The molecule has 6 nitrogen and oxygen atoms in total.